The summed E-state index contributed by atoms with van der Waals surface area (Å²) in [6.07, 6.45) is 2.26. The fourth-order valence-electron chi connectivity index (χ4n) is 1.56. The lowest BCUT2D eigenvalue weighted by atomic mass is 10.2. The van der Waals surface area contributed by atoms with Gasteiger partial charge >= 0.3 is 11.9 Å². The average Bonchev–Trinajstić information content (AvgIpc) is 2.62. The zero-order valence-electron chi connectivity index (χ0n) is 8.71. The molecule has 0 unspecified atom stereocenters. The highest BCUT2D eigenvalue weighted by molar-refractivity contribution is 5.89. The number of esters is 1. The molecule has 1 aliphatic carbocycles. The van der Waals surface area contributed by atoms with Gasteiger partial charge in [0.05, 0.1) is 12.2 Å². The topological polar surface area (TPSA) is 75.6 Å². The maximum absolute atomic E-state index is 11.4. The van der Waals surface area contributed by atoms with Crippen LogP contribution in [0.4, 0.5) is 0 Å². The van der Waals surface area contributed by atoms with E-state index < -0.39 is 5.97 Å². The number of ether oxygens (including phenoxy) is 1. The van der Waals surface area contributed by atoms with E-state index in [0.717, 1.165) is 18.5 Å². The van der Waals surface area contributed by atoms with Crippen molar-refractivity contribution in [2.45, 2.75) is 26.2 Å². The Morgan fingerprint density at radius 2 is 2.20 bits per heavy atom. The molecular formula is C10H15NO4. The molecule has 0 bridgehead atoms. The number of carbonyl (C=O) groups is 2. The van der Waals surface area contributed by atoms with Gasteiger partial charge in [-0.05, 0) is 26.2 Å². The van der Waals surface area contributed by atoms with Crippen molar-refractivity contribution in [1.82, 2.24) is 5.32 Å². The largest absolute Gasteiger partial charge is 0.480 e. The molecule has 0 atom stereocenters. The Balaban J connectivity index is 2.60. The predicted octanol–water partition coefficient (Wildman–Crippen LogP) is 0.662. The quantitative estimate of drug-likeness (QED) is 0.656. The van der Waals surface area contributed by atoms with E-state index in [-0.39, 0.29) is 12.5 Å². The van der Waals surface area contributed by atoms with Gasteiger partial charge in [0.25, 0.3) is 0 Å². The van der Waals surface area contributed by atoms with Gasteiger partial charge in [0, 0.05) is 5.70 Å². The van der Waals surface area contributed by atoms with Gasteiger partial charge in [0.2, 0.25) is 0 Å². The molecule has 1 rings (SSSR count). The zero-order chi connectivity index (χ0) is 11.3. The summed E-state index contributed by atoms with van der Waals surface area (Å²) in [6, 6.07) is 0. The molecule has 1 aliphatic rings. The minimum atomic E-state index is -0.933. The first kappa shape index (κ1) is 11.6. The molecule has 0 aromatic heterocycles. The third-order valence-electron chi connectivity index (χ3n) is 2.19. The number of carbonyl (C=O) groups excluding carboxylic acids is 1. The molecule has 0 saturated heterocycles. The molecule has 0 aliphatic heterocycles. The van der Waals surface area contributed by atoms with Gasteiger partial charge in [0.1, 0.15) is 6.54 Å². The number of hydrogen-bond donors (Lipinski definition) is 2. The van der Waals surface area contributed by atoms with Crippen LogP contribution >= 0.6 is 0 Å². The van der Waals surface area contributed by atoms with E-state index in [1.54, 1.807) is 6.92 Å². The fourth-order valence-corrected chi connectivity index (χ4v) is 1.56. The summed E-state index contributed by atoms with van der Waals surface area (Å²) < 4.78 is 4.88. The lowest BCUT2D eigenvalue weighted by Gasteiger charge is -2.07. The van der Waals surface area contributed by atoms with Gasteiger partial charge in [-0.25, -0.2) is 4.79 Å². The smallest absolute Gasteiger partial charge is 0.335 e. The van der Waals surface area contributed by atoms with Crippen molar-refractivity contribution in [2.24, 2.45) is 0 Å². The predicted molar refractivity (Wildman–Crippen MR) is 53.1 cm³/mol. The van der Waals surface area contributed by atoms with Gasteiger partial charge in [-0.2, -0.15) is 0 Å². The zero-order valence-corrected chi connectivity index (χ0v) is 8.71. The van der Waals surface area contributed by atoms with Crippen molar-refractivity contribution in [3.05, 3.63) is 11.3 Å². The SMILES string of the molecule is CCOC(=O)C1=C(NCC(=O)O)CCC1. The van der Waals surface area contributed by atoms with Crippen LogP contribution in [-0.2, 0) is 14.3 Å². The van der Waals surface area contributed by atoms with E-state index in [0.29, 0.717) is 18.6 Å². The maximum atomic E-state index is 11.4. The number of aliphatic carboxylic acids is 1. The lowest BCUT2D eigenvalue weighted by Crippen LogP contribution is -2.23. The van der Waals surface area contributed by atoms with Crippen LogP contribution in [0, 0.1) is 0 Å². The fraction of sp³-hybridized carbons (Fsp3) is 0.600. The van der Waals surface area contributed by atoms with Crippen LogP contribution in [-0.4, -0.2) is 30.2 Å². The van der Waals surface area contributed by atoms with E-state index in [1.165, 1.54) is 0 Å². The Bertz CT molecular complexity index is 296. The van der Waals surface area contributed by atoms with Crippen LogP contribution in [0.3, 0.4) is 0 Å². The molecule has 0 fully saturated rings. The van der Waals surface area contributed by atoms with Gasteiger partial charge in [-0.15, -0.1) is 0 Å². The molecule has 2 N–H and O–H groups in total. The minimum Gasteiger partial charge on any atom is -0.480 e. The van der Waals surface area contributed by atoms with Crippen molar-refractivity contribution < 1.29 is 19.4 Å². The van der Waals surface area contributed by atoms with Crippen molar-refractivity contribution >= 4 is 11.9 Å². The first-order valence-corrected chi connectivity index (χ1v) is 5.00. The maximum Gasteiger partial charge on any atom is 0.335 e. The molecule has 0 heterocycles. The second-order valence-electron chi connectivity index (χ2n) is 3.28. The standard InChI is InChI=1S/C10H15NO4/c1-2-15-10(14)7-4-3-5-8(7)11-6-9(12)13/h11H,2-6H2,1H3,(H,12,13). The molecule has 0 spiro atoms. The number of carboxylic acids is 1. The Morgan fingerprint density at radius 3 is 2.80 bits per heavy atom. The van der Waals surface area contributed by atoms with Crippen LogP contribution in [0.2, 0.25) is 0 Å². The number of rotatable bonds is 5. The van der Waals surface area contributed by atoms with Crippen LogP contribution in [0.5, 0.6) is 0 Å². The molecule has 0 saturated carbocycles. The molecule has 0 aromatic carbocycles. The van der Waals surface area contributed by atoms with Crippen molar-refractivity contribution in [2.75, 3.05) is 13.2 Å². The summed E-state index contributed by atoms with van der Waals surface area (Å²) in [7, 11) is 0. The highest BCUT2D eigenvalue weighted by Gasteiger charge is 2.21. The van der Waals surface area contributed by atoms with E-state index >= 15 is 0 Å². The molecular weight excluding hydrogens is 198 g/mol. The first-order valence-electron chi connectivity index (χ1n) is 5.00. The molecule has 0 radical (unpaired) electrons. The molecule has 84 valence electrons. The molecule has 0 aromatic rings. The second kappa shape index (κ2) is 5.38. The summed E-state index contributed by atoms with van der Waals surface area (Å²) in [5.41, 5.74) is 1.31. The van der Waals surface area contributed by atoms with Gasteiger partial charge in [-0.1, -0.05) is 0 Å². The van der Waals surface area contributed by atoms with Crippen LogP contribution in [0.15, 0.2) is 11.3 Å². The highest BCUT2D eigenvalue weighted by Crippen LogP contribution is 2.24. The second-order valence-corrected chi connectivity index (χ2v) is 3.28. The monoisotopic (exact) mass is 213 g/mol. The third-order valence-corrected chi connectivity index (χ3v) is 2.19. The number of nitrogens with one attached hydrogen (secondary N) is 1. The Hall–Kier alpha value is -1.52. The van der Waals surface area contributed by atoms with E-state index in [1.807, 2.05) is 0 Å². The van der Waals surface area contributed by atoms with Gasteiger partial charge in [-0.3, -0.25) is 4.79 Å². The summed E-state index contributed by atoms with van der Waals surface area (Å²) in [6.45, 7) is 1.94. The van der Waals surface area contributed by atoms with Crippen molar-refractivity contribution in [1.29, 1.82) is 0 Å². The average molecular weight is 213 g/mol. The third kappa shape index (κ3) is 3.27. The molecule has 5 nitrogen and oxygen atoms in total. The highest BCUT2D eigenvalue weighted by atomic mass is 16.5. The summed E-state index contributed by atoms with van der Waals surface area (Å²) in [5, 5.41) is 11.3. The molecule has 15 heavy (non-hydrogen) atoms. The number of hydrogen-bond acceptors (Lipinski definition) is 4. The van der Waals surface area contributed by atoms with E-state index in [9.17, 15) is 9.59 Å². The van der Waals surface area contributed by atoms with Crippen molar-refractivity contribution in [3.8, 4) is 0 Å². The van der Waals surface area contributed by atoms with Gasteiger partial charge in [0.15, 0.2) is 0 Å². The van der Waals surface area contributed by atoms with Crippen LogP contribution < -0.4 is 5.32 Å². The van der Waals surface area contributed by atoms with Crippen molar-refractivity contribution in [3.63, 3.8) is 0 Å². The van der Waals surface area contributed by atoms with Crippen LogP contribution in [0.25, 0.3) is 0 Å². The summed E-state index contributed by atoms with van der Waals surface area (Å²) >= 11 is 0. The normalized spacial score (nSPS) is 15.3. The number of carboxylic acid groups (broad SMARTS) is 1. The van der Waals surface area contributed by atoms with E-state index in [2.05, 4.69) is 5.32 Å². The Morgan fingerprint density at radius 1 is 1.47 bits per heavy atom. The number of allylic oxidation sites excluding steroid dienone is 1. The lowest BCUT2D eigenvalue weighted by molar-refractivity contribution is -0.139. The summed E-state index contributed by atoms with van der Waals surface area (Å²) in [5.74, 6) is -1.26. The Labute approximate surface area is 88.1 Å². The Kier molecular flexibility index (Phi) is 4.15. The summed E-state index contributed by atoms with van der Waals surface area (Å²) in [4.78, 5) is 21.8. The van der Waals surface area contributed by atoms with Gasteiger partial charge < -0.3 is 15.2 Å². The first-order chi connectivity index (χ1) is 7.15. The minimum absolute atomic E-state index is 0.155. The van der Waals surface area contributed by atoms with E-state index in [4.69, 9.17) is 9.84 Å². The molecule has 0 amide bonds. The van der Waals surface area contributed by atoms with Crippen LogP contribution in [0.1, 0.15) is 26.2 Å². The molecule has 5 heteroatoms.